The molecule has 0 aromatic carbocycles. The van der Waals surface area contributed by atoms with Gasteiger partial charge in [0.2, 0.25) is 0 Å². The van der Waals surface area contributed by atoms with Crippen LogP contribution in [0.2, 0.25) is 0 Å². The summed E-state index contributed by atoms with van der Waals surface area (Å²) in [7, 11) is 0.856. The Morgan fingerprint density at radius 2 is 1.67 bits per heavy atom. The molecular formula is C14H26BN5O3S. The summed E-state index contributed by atoms with van der Waals surface area (Å²) in [6.07, 6.45) is 3.20. The minimum absolute atomic E-state index is 0.106. The van der Waals surface area contributed by atoms with E-state index in [0.717, 1.165) is 20.0 Å². The number of nitrogens with one attached hydrogen (secondary N) is 5. The quantitative estimate of drug-likeness (QED) is 0.172. The normalized spacial score (nSPS) is 19.9. The molecule has 1 saturated carbocycles. The van der Waals surface area contributed by atoms with E-state index in [9.17, 15) is 14.4 Å². The van der Waals surface area contributed by atoms with Crippen LogP contribution in [0.25, 0.3) is 0 Å². The van der Waals surface area contributed by atoms with Crippen LogP contribution < -0.4 is 21.2 Å². The van der Waals surface area contributed by atoms with Gasteiger partial charge in [0, 0.05) is 12.3 Å². The van der Waals surface area contributed by atoms with Gasteiger partial charge >= 0.3 is 123 Å². The molecule has 0 radical (unpaired) electrons. The number of hydrogen-bond acceptors (Lipinski definition) is 6. The van der Waals surface area contributed by atoms with E-state index in [1.807, 2.05) is 0 Å². The van der Waals surface area contributed by atoms with Crippen LogP contribution in [0.3, 0.4) is 0 Å². The third-order valence-electron chi connectivity index (χ3n) is 3.97. The molecular weight excluding hydrogens is 329 g/mol. The number of carbonyl (C=O) groups is 3. The first-order valence-electron chi connectivity index (χ1n) is 8.25. The van der Waals surface area contributed by atoms with E-state index in [2.05, 4.69) is 33.8 Å². The fourth-order valence-electron chi connectivity index (χ4n) is 2.80. The van der Waals surface area contributed by atoms with Crippen molar-refractivity contribution >= 4 is 37.6 Å². The van der Waals surface area contributed by atoms with Crippen molar-refractivity contribution in [2.45, 2.75) is 25.7 Å². The van der Waals surface area contributed by atoms with Crippen LogP contribution in [0.4, 0.5) is 0 Å². The van der Waals surface area contributed by atoms with Crippen LogP contribution in [-0.4, -0.2) is 56.9 Å². The molecule has 8 nitrogen and oxygen atoms in total. The van der Waals surface area contributed by atoms with E-state index >= 15 is 0 Å². The Morgan fingerprint density at radius 3 is 2.29 bits per heavy atom. The minimum atomic E-state index is -0.375. The predicted octanol–water partition coefficient (Wildman–Crippen LogP) is -0.958. The standard InChI is InChI=1S/C14H26BN5O3S/c16-15-20-14(23)11-4-2-1-3-10(11)13(22)19-6-5-17-9-12(21)18-7-8-24/h10-11,16-17,24H,1-9H2,(H,18,21)(H,19,22)(H,20,23)/t10?,11-/m1/s1. The summed E-state index contributed by atoms with van der Waals surface area (Å²) in [4.78, 5) is 35.6. The molecule has 0 saturated heterocycles. The first kappa shape index (κ1) is 20.6. The SMILES string of the molecule is N=BNC(=O)[C@@H]1CCCCC1C(=O)NCCNCC(=O)NCCS. The van der Waals surface area contributed by atoms with Crippen molar-refractivity contribution in [3.05, 3.63) is 0 Å². The molecule has 1 rings (SSSR count). The van der Waals surface area contributed by atoms with Gasteiger partial charge in [-0.3, -0.25) is 0 Å². The number of rotatable bonds is 10. The molecule has 3 amide bonds. The van der Waals surface area contributed by atoms with Crippen molar-refractivity contribution in [3.8, 4) is 0 Å². The molecule has 24 heavy (non-hydrogen) atoms. The van der Waals surface area contributed by atoms with Gasteiger partial charge in [0.25, 0.3) is 0 Å². The van der Waals surface area contributed by atoms with Gasteiger partial charge in [-0.1, -0.05) is 0 Å². The molecule has 0 spiro atoms. The molecule has 10 heteroatoms. The van der Waals surface area contributed by atoms with Gasteiger partial charge in [0.15, 0.2) is 0 Å². The zero-order valence-corrected chi connectivity index (χ0v) is 14.7. The Morgan fingerprint density at radius 1 is 1.00 bits per heavy atom. The van der Waals surface area contributed by atoms with E-state index in [0.29, 0.717) is 38.2 Å². The molecule has 134 valence electrons. The number of carbonyl (C=O) groups excluding carboxylic acids is 3. The molecule has 0 bridgehead atoms. The summed E-state index contributed by atoms with van der Waals surface area (Å²) in [5.41, 5.74) is 0. The molecule has 0 aliphatic heterocycles. The average molecular weight is 355 g/mol. The zero-order chi connectivity index (χ0) is 17.8. The van der Waals surface area contributed by atoms with E-state index in [-0.39, 0.29) is 36.1 Å². The molecule has 5 N–H and O–H groups in total. The number of hydrogen-bond donors (Lipinski definition) is 6. The Labute approximate surface area is 148 Å². The van der Waals surface area contributed by atoms with E-state index in [4.69, 9.17) is 5.31 Å². The second kappa shape index (κ2) is 12.0. The van der Waals surface area contributed by atoms with Crippen LogP contribution in [0, 0.1) is 17.1 Å². The molecule has 1 aliphatic carbocycles. The summed E-state index contributed by atoms with van der Waals surface area (Å²) in [6.45, 7) is 1.59. The van der Waals surface area contributed by atoms with E-state index in [1.54, 1.807) is 0 Å². The van der Waals surface area contributed by atoms with Gasteiger partial charge in [-0.25, -0.2) is 0 Å². The first-order valence-corrected chi connectivity index (χ1v) is 8.88. The minimum Gasteiger partial charge on any atom is -0.178 e. The topological polar surface area (TPSA) is 123 Å². The maximum atomic E-state index is 12.3. The Bertz CT molecular complexity index is 452. The smallest absolute Gasteiger partial charge is 0.178 e. The third-order valence-corrected chi connectivity index (χ3v) is 4.20. The molecule has 0 aromatic rings. The summed E-state index contributed by atoms with van der Waals surface area (Å²) >= 11 is 4.00. The summed E-state index contributed by atoms with van der Waals surface area (Å²) in [5.74, 6) is -0.635. The van der Waals surface area contributed by atoms with Crippen molar-refractivity contribution in [1.29, 1.82) is 5.31 Å². The van der Waals surface area contributed by atoms with Crippen molar-refractivity contribution in [1.82, 2.24) is 21.2 Å². The van der Waals surface area contributed by atoms with Crippen molar-refractivity contribution < 1.29 is 14.4 Å². The number of thiol groups is 1. The number of amides is 3. The van der Waals surface area contributed by atoms with Gasteiger partial charge in [-0.15, -0.1) is 0 Å². The van der Waals surface area contributed by atoms with E-state index < -0.39 is 0 Å². The van der Waals surface area contributed by atoms with Crippen LogP contribution in [0.5, 0.6) is 0 Å². The maximum absolute atomic E-state index is 12.3. The summed E-state index contributed by atoms with van der Waals surface area (Å²) < 4.78 is 0. The summed E-state index contributed by atoms with van der Waals surface area (Å²) in [5, 5.41) is 17.8. The van der Waals surface area contributed by atoms with Gasteiger partial charge < -0.3 is 0 Å². The predicted molar refractivity (Wildman–Crippen MR) is 94.8 cm³/mol. The van der Waals surface area contributed by atoms with Gasteiger partial charge in [-0.05, 0) is 0 Å². The fraction of sp³-hybridized carbons (Fsp3) is 0.786. The molecule has 1 unspecified atom stereocenters. The Balaban J connectivity index is 2.28. The molecule has 1 aliphatic rings. The molecule has 2 atom stereocenters. The first-order chi connectivity index (χ1) is 11.6. The average Bonchev–Trinajstić information content (AvgIpc) is 2.59. The second-order valence-corrected chi connectivity index (χ2v) is 6.14. The van der Waals surface area contributed by atoms with E-state index in [1.165, 1.54) is 0 Å². The van der Waals surface area contributed by atoms with Crippen molar-refractivity contribution in [3.63, 3.8) is 0 Å². The van der Waals surface area contributed by atoms with Crippen LogP contribution in [0.1, 0.15) is 25.7 Å². The molecule has 0 heterocycles. The van der Waals surface area contributed by atoms with Crippen LogP contribution >= 0.6 is 12.6 Å². The van der Waals surface area contributed by atoms with Gasteiger partial charge in [0.05, 0.1) is 0 Å². The van der Waals surface area contributed by atoms with Gasteiger partial charge in [-0.2, -0.15) is 12.6 Å². The third kappa shape index (κ3) is 7.44. The van der Waals surface area contributed by atoms with Crippen LogP contribution in [0.15, 0.2) is 0 Å². The second-order valence-electron chi connectivity index (χ2n) is 5.69. The molecule has 1 fully saturated rings. The van der Waals surface area contributed by atoms with Crippen molar-refractivity contribution in [2.75, 3.05) is 31.9 Å². The Hall–Kier alpha value is -1.42. The van der Waals surface area contributed by atoms with Crippen LogP contribution in [-0.2, 0) is 14.4 Å². The fourth-order valence-corrected chi connectivity index (χ4v) is 2.91. The Kier molecular flexibility index (Phi) is 10.3. The van der Waals surface area contributed by atoms with Crippen molar-refractivity contribution in [2.24, 2.45) is 11.8 Å². The summed E-state index contributed by atoms with van der Waals surface area (Å²) in [6, 6.07) is 0. The monoisotopic (exact) mass is 355 g/mol. The van der Waals surface area contributed by atoms with Gasteiger partial charge in [0.1, 0.15) is 0 Å². The molecule has 0 aromatic heterocycles. The zero-order valence-electron chi connectivity index (χ0n) is 13.8.